The number of rotatable bonds is 4. The van der Waals surface area contributed by atoms with Gasteiger partial charge < -0.3 is 4.74 Å². The van der Waals surface area contributed by atoms with Crippen molar-refractivity contribution in [2.45, 2.75) is 13.3 Å². The zero-order chi connectivity index (χ0) is 12.8. The molecule has 0 aromatic heterocycles. The Morgan fingerprint density at radius 3 is 2.82 bits per heavy atom. The second-order valence-electron chi connectivity index (χ2n) is 3.45. The summed E-state index contributed by atoms with van der Waals surface area (Å²) in [5.74, 6) is -0.378. The van der Waals surface area contributed by atoms with Crippen molar-refractivity contribution in [2.24, 2.45) is 0 Å². The van der Waals surface area contributed by atoms with E-state index in [4.69, 9.17) is 0 Å². The summed E-state index contributed by atoms with van der Waals surface area (Å²) < 4.78 is 4.47. The number of hydrogen-bond donors (Lipinski definition) is 0. The zero-order valence-electron chi connectivity index (χ0n) is 9.67. The number of nitro groups is 1. The predicted molar refractivity (Wildman–Crippen MR) is 63.5 cm³/mol. The number of carbonyl (C=O) groups excluding carboxylic acids is 1. The van der Waals surface area contributed by atoms with Gasteiger partial charge in [-0.05, 0) is 13.0 Å². The van der Waals surface area contributed by atoms with Gasteiger partial charge in [0.1, 0.15) is 0 Å². The van der Waals surface area contributed by atoms with Gasteiger partial charge in [-0.25, -0.2) is 0 Å². The fraction of sp³-hybridized carbons (Fsp3) is 0.250. The molecule has 0 N–H and O–H groups in total. The quantitative estimate of drug-likeness (QED) is 0.456. The van der Waals surface area contributed by atoms with Crippen LogP contribution in [0.25, 0.3) is 6.08 Å². The standard InChI is InChI=1S/C12H13NO4/c1-9-5-3-6-10(12(9)13(15)16)7-4-8-11(14)17-2/h3-7H,8H2,1-2H3. The van der Waals surface area contributed by atoms with E-state index in [0.717, 1.165) is 0 Å². The molecular weight excluding hydrogens is 222 g/mol. The largest absolute Gasteiger partial charge is 0.469 e. The molecule has 17 heavy (non-hydrogen) atoms. The molecule has 90 valence electrons. The molecule has 5 nitrogen and oxygen atoms in total. The van der Waals surface area contributed by atoms with E-state index in [1.807, 2.05) is 0 Å². The van der Waals surface area contributed by atoms with Crippen molar-refractivity contribution in [3.05, 3.63) is 45.5 Å². The number of aryl methyl sites for hydroxylation is 1. The van der Waals surface area contributed by atoms with Crippen LogP contribution in [-0.4, -0.2) is 18.0 Å². The second kappa shape index (κ2) is 5.79. The van der Waals surface area contributed by atoms with E-state index in [2.05, 4.69) is 4.74 Å². The third-order valence-electron chi connectivity index (χ3n) is 2.26. The maximum absolute atomic E-state index is 10.9. The minimum absolute atomic E-state index is 0.0635. The van der Waals surface area contributed by atoms with Crippen LogP contribution in [-0.2, 0) is 9.53 Å². The maximum atomic E-state index is 10.9. The fourth-order valence-corrected chi connectivity index (χ4v) is 1.43. The molecule has 0 aliphatic rings. The van der Waals surface area contributed by atoms with Gasteiger partial charge >= 0.3 is 5.97 Å². The van der Waals surface area contributed by atoms with Gasteiger partial charge in [0.25, 0.3) is 5.69 Å². The summed E-state index contributed by atoms with van der Waals surface area (Å²) in [7, 11) is 1.30. The van der Waals surface area contributed by atoms with Crippen molar-refractivity contribution < 1.29 is 14.5 Å². The number of methoxy groups -OCH3 is 1. The Kier molecular flexibility index (Phi) is 4.39. The average molecular weight is 235 g/mol. The predicted octanol–water partition coefficient (Wildman–Crippen LogP) is 2.48. The van der Waals surface area contributed by atoms with Crippen LogP contribution in [0.5, 0.6) is 0 Å². The number of nitrogens with zero attached hydrogens (tertiary/aromatic N) is 1. The molecule has 0 amide bonds. The van der Waals surface area contributed by atoms with Gasteiger partial charge in [0.15, 0.2) is 0 Å². The summed E-state index contributed by atoms with van der Waals surface area (Å²) in [4.78, 5) is 21.3. The average Bonchev–Trinajstić information content (AvgIpc) is 2.28. The molecular formula is C12H13NO4. The molecule has 0 saturated carbocycles. The summed E-state index contributed by atoms with van der Waals surface area (Å²) in [6.07, 6.45) is 3.21. The van der Waals surface area contributed by atoms with Gasteiger partial charge in [-0.15, -0.1) is 0 Å². The van der Waals surface area contributed by atoms with Crippen molar-refractivity contribution in [1.29, 1.82) is 0 Å². The van der Waals surface area contributed by atoms with Gasteiger partial charge in [-0.3, -0.25) is 14.9 Å². The van der Waals surface area contributed by atoms with Crippen LogP contribution in [0.3, 0.4) is 0 Å². The van der Waals surface area contributed by atoms with E-state index in [-0.39, 0.29) is 18.1 Å². The van der Waals surface area contributed by atoms with Gasteiger partial charge in [-0.2, -0.15) is 0 Å². The monoisotopic (exact) mass is 235 g/mol. The first-order chi connectivity index (χ1) is 8.06. The number of nitro benzene ring substituents is 1. The lowest BCUT2D eigenvalue weighted by Gasteiger charge is -2.00. The molecule has 1 aromatic carbocycles. The maximum Gasteiger partial charge on any atom is 0.309 e. The topological polar surface area (TPSA) is 69.4 Å². The minimum atomic E-state index is -0.423. The second-order valence-corrected chi connectivity index (χ2v) is 3.45. The van der Waals surface area contributed by atoms with Crippen LogP contribution in [0.4, 0.5) is 5.69 Å². The summed E-state index contributed by atoms with van der Waals surface area (Å²) in [6.45, 7) is 1.68. The Morgan fingerprint density at radius 1 is 1.53 bits per heavy atom. The third-order valence-corrected chi connectivity index (χ3v) is 2.26. The van der Waals surface area contributed by atoms with E-state index in [0.29, 0.717) is 11.1 Å². The first kappa shape index (κ1) is 12.9. The summed E-state index contributed by atoms with van der Waals surface area (Å²) in [6, 6.07) is 5.05. The highest BCUT2D eigenvalue weighted by atomic mass is 16.6. The molecule has 1 rings (SSSR count). The van der Waals surface area contributed by atoms with E-state index < -0.39 is 4.92 Å². The highest BCUT2D eigenvalue weighted by molar-refractivity contribution is 5.73. The van der Waals surface area contributed by atoms with Gasteiger partial charge in [0.05, 0.1) is 24.0 Å². The summed E-state index contributed by atoms with van der Waals surface area (Å²) in [5, 5.41) is 10.9. The van der Waals surface area contributed by atoms with Crippen LogP contribution in [0, 0.1) is 17.0 Å². The molecule has 0 aliphatic heterocycles. The smallest absolute Gasteiger partial charge is 0.309 e. The zero-order valence-corrected chi connectivity index (χ0v) is 9.67. The lowest BCUT2D eigenvalue weighted by atomic mass is 10.1. The van der Waals surface area contributed by atoms with Crippen molar-refractivity contribution in [3.63, 3.8) is 0 Å². The van der Waals surface area contributed by atoms with Crippen molar-refractivity contribution in [3.8, 4) is 0 Å². The van der Waals surface area contributed by atoms with E-state index >= 15 is 0 Å². The van der Waals surface area contributed by atoms with Crippen molar-refractivity contribution in [2.75, 3.05) is 7.11 Å². The van der Waals surface area contributed by atoms with E-state index in [1.54, 1.807) is 37.3 Å². The van der Waals surface area contributed by atoms with Crippen LogP contribution in [0.2, 0.25) is 0 Å². The highest BCUT2D eigenvalue weighted by Gasteiger charge is 2.14. The third kappa shape index (κ3) is 3.41. The Balaban J connectivity index is 2.95. The molecule has 1 aromatic rings. The van der Waals surface area contributed by atoms with Gasteiger partial charge in [0, 0.05) is 5.56 Å². The molecule has 0 aliphatic carbocycles. The van der Waals surface area contributed by atoms with Gasteiger partial charge in [-0.1, -0.05) is 24.3 Å². The van der Waals surface area contributed by atoms with E-state index in [1.165, 1.54) is 7.11 Å². The lowest BCUT2D eigenvalue weighted by molar-refractivity contribution is -0.385. The molecule has 0 bridgehead atoms. The van der Waals surface area contributed by atoms with Crippen LogP contribution in [0.1, 0.15) is 17.5 Å². The van der Waals surface area contributed by atoms with E-state index in [9.17, 15) is 14.9 Å². The van der Waals surface area contributed by atoms with Crippen LogP contribution >= 0.6 is 0 Å². The molecule has 0 heterocycles. The number of ether oxygens (including phenoxy) is 1. The Labute approximate surface area is 98.9 Å². The number of benzene rings is 1. The molecule has 0 spiro atoms. The normalized spacial score (nSPS) is 10.5. The molecule has 0 unspecified atom stereocenters. The fourth-order valence-electron chi connectivity index (χ4n) is 1.43. The van der Waals surface area contributed by atoms with Crippen molar-refractivity contribution in [1.82, 2.24) is 0 Å². The first-order valence-corrected chi connectivity index (χ1v) is 5.03. The Morgan fingerprint density at radius 2 is 2.24 bits per heavy atom. The minimum Gasteiger partial charge on any atom is -0.469 e. The molecule has 0 fully saturated rings. The van der Waals surface area contributed by atoms with Gasteiger partial charge in [0.2, 0.25) is 0 Å². The molecule has 0 atom stereocenters. The Hall–Kier alpha value is -2.17. The van der Waals surface area contributed by atoms with Crippen LogP contribution in [0.15, 0.2) is 24.3 Å². The highest BCUT2D eigenvalue weighted by Crippen LogP contribution is 2.24. The van der Waals surface area contributed by atoms with Crippen molar-refractivity contribution >= 4 is 17.7 Å². The number of hydrogen-bond acceptors (Lipinski definition) is 4. The SMILES string of the molecule is COC(=O)CC=Cc1cccc(C)c1[N+](=O)[O-]. The van der Waals surface area contributed by atoms with Crippen LogP contribution < -0.4 is 0 Å². The molecule has 5 heteroatoms. The Bertz CT molecular complexity index is 466. The number of carbonyl (C=O) groups is 1. The number of esters is 1. The lowest BCUT2D eigenvalue weighted by Crippen LogP contribution is -1.97. The number of para-hydroxylation sites is 1. The molecule has 0 saturated heterocycles. The first-order valence-electron chi connectivity index (χ1n) is 5.03. The molecule has 0 radical (unpaired) electrons. The summed E-state index contributed by atoms with van der Waals surface area (Å²) in [5.41, 5.74) is 1.14. The summed E-state index contributed by atoms with van der Waals surface area (Å²) >= 11 is 0.